The number of hydrogen-bond acceptors (Lipinski definition) is 4. The second kappa shape index (κ2) is 7.09. The molecule has 22 heavy (non-hydrogen) atoms. The van der Waals surface area contributed by atoms with Crippen LogP contribution in [0.5, 0.6) is 5.75 Å². The highest BCUT2D eigenvalue weighted by atomic mass is 16.5. The number of aliphatic hydroxyl groups excluding tert-OH is 1. The summed E-state index contributed by atoms with van der Waals surface area (Å²) in [5.74, 6) is 0.515. The topological polar surface area (TPSA) is 87.2 Å². The number of ether oxygens (including phenoxy) is 1. The molecule has 6 nitrogen and oxygen atoms in total. The number of H-pyrrole nitrogens is 1. The fraction of sp³-hybridized carbons (Fsp3) is 0.375. The standard InChI is InChI=1S/C16H21N3O3/c1-10(2)13(9-20)18-16(21)12-8-17-19-15(12)11-6-4-5-7-14(11)22-3/h4-8,10,13,20H,9H2,1-3H3,(H,17,19)(H,18,21)/t13-/m0/s1. The lowest BCUT2D eigenvalue weighted by atomic mass is 10.0. The van der Waals surface area contributed by atoms with Gasteiger partial charge in [0.15, 0.2) is 0 Å². The lowest BCUT2D eigenvalue weighted by Crippen LogP contribution is -2.41. The van der Waals surface area contributed by atoms with Crippen LogP contribution in [0.15, 0.2) is 30.5 Å². The Hall–Kier alpha value is -2.34. The number of para-hydroxylation sites is 1. The van der Waals surface area contributed by atoms with E-state index in [0.29, 0.717) is 17.0 Å². The van der Waals surface area contributed by atoms with Crippen molar-refractivity contribution in [3.05, 3.63) is 36.0 Å². The fourth-order valence-electron chi connectivity index (χ4n) is 2.18. The molecule has 0 bridgehead atoms. The van der Waals surface area contributed by atoms with Gasteiger partial charge in [0, 0.05) is 5.56 Å². The number of nitrogens with one attached hydrogen (secondary N) is 2. The Bertz CT molecular complexity index is 637. The molecule has 3 N–H and O–H groups in total. The number of carbonyl (C=O) groups is 1. The van der Waals surface area contributed by atoms with Gasteiger partial charge < -0.3 is 15.2 Å². The number of carbonyl (C=O) groups excluding carboxylic acids is 1. The van der Waals surface area contributed by atoms with Crippen LogP contribution >= 0.6 is 0 Å². The molecule has 0 saturated carbocycles. The highest BCUT2D eigenvalue weighted by Gasteiger charge is 2.21. The van der Waals surface area contributed by atoms with E-state index in [4.69, 9.17) is 4.74 Å². The Balaban J connectivity index is 2.31. The van der Waals surface area contributed by atoms with E-state index in [0.717, 1.165) is 5.56 Å². The Kier molecular flexibility index (Phi) is 5.16. The molecule has 2 aromatic rings. The minimum Gasteiger partial charge on any atom is -0.496 e. The molecule has 0 radical (unpaired) electrons. The van der Waals surface area contributed by atoms with E-state index in [1.807, 2.05) is 38.1 Å². The van der Waals surface area contributed by atoms with E-state index in [2.05, 4.69) is 15.5 Å². The van der Waals surface area contributed by atoms with Crippen molar-refractivity contribution in [2.24, 2.45) is 5.92 Å². The molecule has 1 aromatic heterocycles. The summed E-state index contributed by atoms with van der Waals surface area (Å²) < 4.78 is 5.32. The monoisotopic (exact) mass is 303 g/mol. The number of rotatable bonds is 6. The molecule has 0 fully saturated rings. The fourth-order valence-corrected chi connectivity index (χ4v) is 2.18. The number of methoxy groups -OCH3 is 1. The van der Waals surface area contributed by atoms with Crippen molar-refractivity contribution < 1.29 is 14.6 Å². The predicted octanol–water partition coefficient (Wildman–Crippen LogP) is 1.83. The molecule has 1 atom stereocenters. The molecule has 0 aliphatic heterocycles. The van der Waals surface area contributed by atoms with Gasteiger partial charge in [0.25, 0.3) is 5.91 Å². The molecule has 1 amide bonds. The highest BCUT2D eigenvalue weighted by molar-refractivity contribution is 6.00. The van der Waals surface area contributed by atoms with E-state index in [1.165, 1.54) is 6.20 Å². The van der Waals surface area contributed by atoms with E-state index < -0.39 is 0 Å². The lowest BCUT2D eigenvalue weighted by Gasteiger charge is -2.19. The summed E-state index contributed by atoms with van der Waals surface area (Å²) in [5.41, 5.74) is 1.77. The smallest absolute Gasteiger partial charge is 0.255 e. The number of hydrogen-bond donors (Lipinski definition) is 3. The number of aromatic nitrogens is 2. The van der Waals surface area contributed by atoms with Crippen molar-refractivity contribution in [1.82, 2.24) is 15.5 Å². The van der Waals surface area contributed by atoms with Gasteiger partial charge in [-0.05, 0) is 18.1 Å². The van der Waals surface area contributed by atoms with Crippen LogP contribution in [0.3, 0.4) is 0 Å². The van der Waals surface area contributed by atoms with Crippen molar-refractivity contribution >= 4 is 5.91 Å². The van der Waals surface area contributed by atoms with E-state index >= 15 is 0 Å². The van der Waals surface area contributed by atoms with Gasteiger partial charge in [-0.15, -0.1) is 0 Å². The summed E-state index contributed by atoms with van der Waals surface area (Å²) in [6.45, 7) is 3.78. The maximum Gasteiger partial charge on any atom is 0.255 e. The van der Waals surface area contributed by atoms with Crippen LogP contribution in [0.1, 0.15) is 24.2 Å². The summed E-state index contributed by atoms with van der Waals surface area (Å²) in [7, 11) is 1.58. The molecule has 1 heterocycles. The Labute approximate surface area is 129 Å². The number of nitrogens with zero attached hydrogens (tertiary/aromatic N) is 1. The van der Waals surface area contributed by atoms with Gasteiger partial charge >= 0.3 is 0 Å². The molecule has 2 rings (SSSR count). The van der Waals surface area contributed by atoms with Gasteiger partial charge in [-0.2, -0.15) is 5.10 Å². The average Bonchev–Trinajstić information content (AvgIpc) is 3.01. The summed E-state index contributed by atoms with van der Waals surface area (Å²) in [6.07, 6.45) is 1.48. The third-order valence-electron chi connectivity index (χ3n) is 3.58. The van der Waals surface area contributed by atoms with Crippen LogP contribution in [0.4, 0.5) is 0 Å². The minimum absolute atomic E-state index is 0.106. The van der Waals surface area contributed by atoms with Gasteiger partial charge in [-0.3, -0.25) is 9.89 Å². The van der Waals surface area contributed by atoms with Crippen molar-refractivity contribution in [1.29, 1.82) is 0 Å². The first-order chi connectivity index (χ1) is 10.6. The molecule has 0 aliphatic carbocycles. The SMILES string of the molecule is COc1ccccc1-c1[nH]ncc1C(=O)N[C@@H](CO)C(C)C. The minimum atomic E-state index is -0.298. The van der Waals surface area contributed by atoms with Crippen molar-refractivity contribution in [3.8, 4) is 17.0 Å². The summed E-state index contributed by atoms with van der Waals surface area (Å²) in [5, 5.41) is 19.0. The van der Waals surface area contributed by atoms with Gasteiger partial charge in [0.2, 0.25) is 0 Å². The number of amides is 1. The Morgan fingerprint density at radius 2 is 2.14 bits per heavy atom. The normalized spacial score (nSPS) is 12.2. The van der Waals surface area contributed by atoms with Crippen LogP contribution in [0, 0.1) is 5.92 Å². The van der Waals surface area contributed by atoms with Crippen molar-refractivity contribution in [2.75, 3.05) is 13.7 Å². The largest absolute Gasteiger partial charge is 0.496 e. The third kappa shape index (κ3) is 3.28. The molecular formula is C16H21N3O3. The van der Waals surface area contributed by atoms with Crippen LogP contribution in [-0.2, 0) is 0 Å². The van der Waals surface area contributed by atoms with Gasteiger partial charge in [0.1, 0.15) is 5.75 Å². The Morgan fingerprint density at radius 1 is 1.41 bits per heavy atom. The summed E-state index contributed by atoms with van der Waals surface area (Å²) in [4.78, 5) is 12.5. The molecule has 6 heteroatoms. The second-order valence-corrected chi connectivity index (χ2v) is 5.37. The van der Waals surface area contributed by atoms with Gasteiger partial charge in [0.05, 0.1) is 37.2 Å². The van der Waals surface area contributed by atoms with Gasteiger partial charge in [-0.1, -0.05) is 26.0 Å². The molecule has 0 unspecified atom stereocenters. The number of aromatic amines is 1. The first-order valence-corrected chi connectivity index (χ1v) is 7.17. The Morgan fingerprint density at radius 3 is 2.77 bits per heavy atom. The maximum absolute atomic E-state index is 12.5. The quantitative estimate of drug-likeness (QED) is 0.760. The van der Waals surface area contributed by atoms with Crippen LogP contribution < -0.4 is 10.1 Å². The van der Waals surface area contributed by atoms with Crippen molar-refractivity contribution in [3.63, 3.8) is 0 Å². The number of benzene rings is 1. The van der Waals surface area contributed by atoms with Gasteiger partial charge in [-0.25, -0.2) is 0 Å². The first-order valence-electron chi connectivity index (χ1n) is 7.17. The highest BCUT2D eigenvalue weighted by Crippen LogP contribution is 2.30. The maximum atomic E-state index is 12.5. The molecule has 1 aromatic carbocycles. The molecule has 0 spiro atoms. The van der Waals surface area contributed by atoms with Crippen LogP contribution in [0.25, 0.3) is 11.3 Å². The average molecular weight is 303 g/mol. The molecule has 0 saturated heterocycles. The van der Waals surface area contributed by atoms with Crippen LogP contribution in [-0.4, -0.2) is 41.0 Å². The van der Waals surface area contributed by atoms with E-state index in [9.17, 15) is 9.90 Å². The van der Waals surface area contributed by atoms with Crippen molar-refractivity contribution in [2.45, 2.75) is 19.9 Å². The second-order valence-electron chi connectivity index (χ2n) is 5.37. The van der Waals surface area contributed by atoms with E-state index in [1.54, 1.807) is 7.11 Å². The van der Waals surface area contributed by atoms with E-state index in [-0.39, 0.29) is 24.5 Å². The van der Waals surface area contributed by atoms with Crippen LogP contribution in [0.2, 0.25) is 0 Å². The molecular weight excluding hydrogens is 282 g/mol. The summed E-state index contributed by atoms with van der Waals surface area (Å²) >= 11 is 0. The predicted molar refractivity (Wildman–Crippen MR) is 83.8 cm³/mol. The first kappa shape index (κ1) is 16.0. The molecule has 118 valence electrons. The lowest BCUT2D eigenvalue weighted by molar-refractivity contribution is 0.0897. The summed E-state index contributed by atoms with van der Waals surface area (Å²) in [6, 6.07) is 7.11. The zero-order chi connectivity index (χ0) is 16.1. The third-order valence-corrected chi connectivity index (χ3v) is 3.58. The zero-order valence-corrected chi connectivity index (χ0v) is 13.0. The zero-order valence-electron chi connectivity index (χ0n) is 13.0. The number of aliphatic hydroxyl groups is 1. The molecule has 0 aliphatic rings.